The molecule has 3 aromatic rings. The summed E-state index contributed by atoms with van der Waals surface area (Å²) in [6.07, 6.45) is 0. The summed E-state index contributed by atoms with van der Waals surface area (Å²) < 4.78 is 0. The van der Waals surface area contributed by atoms with Crippen molar-refractivity contribution in [2.45, 2.75) is 5.54 Å². The average Bonchev–Trinajstić information content (AvgIpc) is 2.59. The molecule has 3 rings (SSSR count). The highest BCUT2D eigenvalue weighted by atomic mass is 35.5. The molecule has 116 valence electrons. The molecule has 2 heteroatoms. The Morgan fingerprint density at radius 3 is 1.39 bits per heavy atom. The first kappa shape index (κ1) is 15.8. The van der Waals surface area contributed by atoms with E-state index in [1.807, 2.05) is 12.1 Å². The molecule has 0 aromatic heterocycles. The maximum absolute atomic E-state index is 6.12. The normalized spacial score (nSPS) is 11.7. The van der Waals surface area contributed by atoms with Crippen molar-refractivity contribution >= 4 is 11.6 Å². The maximum atomic E-state index is 6.12. The molecular weight excluding hydrogens is 302 g/mol. The van der Waals surface area contributed by atoms with Crippen molar-refractivity contribution in [3.8, 4) is 0 Å². The summed E-state index contributed by atoms with van der Waals surface area (Å²) in [5, 5.41) is 0.752. The van der Waals surface area contributed by atoms with Crippen LogP contribution in [0.1, 0.15) is 16.7 Å². The van der Waals surface area contributed by atoms with Crippen molar-refractivity contribution in [2.24, 2.45) is 0 Å². The van der Waals surface area contributed by atoms with Crippen LogP contribution in [0, 0.1) is 0 Å². The lowest BCUT2D eigenvalue weighted by molar-refractivity contribution is 0.247. The van der Waals surface area contributed by atoms with E-state index >= 15 is 0 Å². The van der Waals surface area contributed by atoms with Crippen molar-refractivity contribution in [1.82, 2.24) is 4.90 Å². The van der Waals surface area contributed by atoms with Crippen molar-refractivity contribution in [2.75, 3.05) is 14.1 Å². The average molecular weight is 322 g/mol. The lowest BCUT2D eigenvalue weighted by atomic mass is 9.76. The first-order chi connectivity index (χ1) is 11.2. The topological polar surface area (TPSA) is 3.24 Å². The van der Waals surface area contributed by atoms with Gasteiger partial charge in [-0.15, -0.1) is 0 Å². The zero-order valence-corrected chi connectivity index (χ0v) is 14.2. The van der Waals surface area contributed by atoms with Crippen molar-refractivity contribution in [3.63, 3.8) is 0 Å². The summed E-state index contributed by atoms with van der Waals surface area (Å²) in [6.45, 7) is 0. The van der Waals surface area contributed by atoms with Crippen LogP contribution in [0.4, 0.5) is 0 Å². The van der Waals surface area contributed by atoms with E-state index in [1.54, 1.807) is 0 Å². The molecule has 0 saturated heterocycles. The van der Waals surface area contributed by atoms with Gasteiger partial charge in [0.25, 0.3) is 0 Å². The second kappa shape index (κ2) is 6.57. The zero-order valence-electron chi connectivity index (χ0n) is 13.4. The van der Waals surface area contributed by atoms with Gasteiger partial charge in [0.15, 0.2) is 0 Å². The Balaban J connectivity index is 2.34. The van der Waals surface area contributed by atoms with Crippen LogP contribution >= 0.6 is 11.6 Å². The highest BCUT2D eigenvalue weighted by molar-refractivity contribution is 6.30. The number of rotatable bonds is 4. The minimum atomic E-state index is -0.354. The van der Waals surface area contributed by atoms with Crippen LogP contribution in [0.3, 0.4) is 0 Å². The molecule has 1 nitrogen and oxygen atoms in total. The summed E-state index contributed by atoms with van der Waals surface area (Å²) in [5.74, 6) is 0. The van der Waals surface area contributed by atoms with Gasteiger partial charge < -0.3 is 0 Å². The lowest BCUT2D eigenvalue weighted by Gasteiger charge is -2.41. The molecule has 23 heavy (non-hydrogen) atoms. The molecule has 0 N–H and O–H groups in total. The molecule has 0 bridgehead atoms. The zero-order chi connectivity index (χ0) is 16.3. The molecule has 0 aliphatic rings. The van der Waals surface area contributed by atoms with Crippen LogP contribution in [-0.2, 0) is 5.54 Å². The molecule has 0 aliphatic heterocycles. The largest absolute Gasteiger partial charge is 0.292 e. The van der Waals surface area contributed by atoms with Crippen molar-refractivity contribution in [1.29, 1.82) is 0 Å². The van der Waals surface area contributed by atoms with Crippen LogP contribution in [0.15, 0.2) is 84.9 Å². The summed E-state index contributed by atoms with van der Waals surface area (Å²) in [7, 11) is 4.24. The molecule has 0 saturated carbocycles. The Labute approximate surface area is 143 Å². The minimum Gasteiger partial charge on any atom is -0.292 e. The van der Waals surface area contributed by atoms with Gasteiger partial charge >= 0.3 is 0 Å². The first-order valence-electron chi connectivity index (χ1n) is 7.70. The lowest BCUT2D eigenvalue weighted by Crippen LogP contribution is -2.43. The molecule has 0 amide bonds. The van der Waals surface area contributed by atoms with Crippen LogP contribution in [0.25, 0.3) is 0 Å². The van der Waals surface area contributed by atoms with E-state index in [0.29, 0.717) is 0 Å². The SMILES string of the molecule is CN(C)C(c1ccccc1)(c1ccccc1)c1ccc(Cl)cc1. The van der Waals surface area contributed by atoms with E-state index in [1.165, 1.54) is 16.7 Å². The van der Waals surface area contributed by atoms with Gasteiger partial charge in [0.2, 0.25) is 0 Å². The molecule has 0 spiro atoms. The number of nitrogens with zero attached hydrogens (tertiary/aromatic N) is 1. The predicted octanol–water partition coefficient (Wildman–Crippen LogP) is 5.19. The van der Waals surface area contributed by atoms with E-state index in [2.05, 4.69) is 91.8 Å². The monoisotopic (exact) mass is 321 g/mol. The van der Waals surface area contributed by atoms with Crippen molar-refractivity contribution < 1.29 is 0 Å². The van der Waals surface area contributed by atoms with Crippen LogP contribution in [0.5, 0.6) is 0 Å². The molecule has 0 radical (unpaired) electrons. The first-order valence-corrected chi connectivity index (χ1v) is 8.08. The fraction of sp³-hybridized carbons (Fsp3) is 0.143. The van der Waals surface area contributed by atoms with E-state index in [9.17, 15) is 0 Å². The number of halogens is 1. The van der Waals surface area contributed by atoms with Crippen LogP contribution in [-0.4, -0.2) is 19.0 Å². The van der Waals surface area contributed by atoms with E-state index in [0.717, 1.165) is 5.02 Å². The van der Waals surface area contributed by atoms with Gasteiger partial charge in [0.1, 0.15) is 0 Å². The van der Waals surface area contributed by atoms with E-state index in [4.69, 9.17) is 11.6 Å². The van der Waals surface area contributed by atoms with Gasteiger partial charge in [0, 0.05) is 5.02 Å². The highest BCUT2D eigenvalue weighted by Gasteiger charge is 2.38. The number of hydrogen-bond donors (Lipinski definition) is 0. The fourth-order valence-electron chi connectivity index (χ4n) is 3.32. The summed E-state index contributed by atoms with van der Waals surface area (Å²) in [5.41, 5.74) is 3.31. The molecule has 0 unspecified atom stereocenters. The maximum Gasteiger partial charge on any atom is 0.0968 e. The number of hydrogen-bond acceptors (Lipinski definition) is 1. The number of benzene rings is 3. The molecule has 3 aromatic carbocycles. The van der Waals surface area contributed by atoms with Gasteiger partial charge in [-0.25, -0.2) is 0 Å². The fourth-order valence-corrected chi connectivity index (χ4v) is 3.45. The van der Waals surface area contributed by atoms with Crippen LogP contribution < -0.4 is 0 Å². The Morgan fingerprint density at radius 1 is 0.609 bits per heavy atom. The smallest absolute Gasteiger partial charge is 0.0968 e. The highest BCUT2D eigenvalue weighted by Crippen LogP contribution is 2.41. The summed E-state index contributed by atoms with van der Waals surface area (Å²) >= 11 is 6.12. The predicted molar refractivity (Wildman–Crippen MR) is 97.9 cm³/mol. The molecule has 0 fully saturated rings. The second-order valence-corrected chi connectivity index (χ2v) is 6.28. The Hall–Kier alpha value is -2.09. The van der Waals surface area contributed by atoms with E-state index < -0.39 is 0 Å². The van der Waals surface area contributed by atoms with Crippen molar-refractivity contribution in [3.05, 3.63) is 107 Å². The Kier molecular flexibility index (Phi) is 4.51. The third-order valence-corrected chi connectivity index (χ3v) is 4.57. The van der Waals surface area contributed by atoms with Gasteiger partial charge in [-0.3, -0.25) is 4.90 Å². The second-order valence-electron chi connectivity index (χ2n) is 5.84. The third-order valence-electron chi connectivity index (χ3n) is 4.32. The minimum absolute atomic E-state index is 0.354. The van der Waals surface area contributed by atoms with Crippen LogP contribution in [0.2, 0.25) is 5.02 Å². The Bertz CT molecular complexity index is 709. The molecule has 0 heterocycles. The quantitative estimate of drug-likeness (QED) is 0.597. The third kappa shape index (κ3) is 2.78. The van der Waals surface area contributed by atoms with Gasteiger partial charge in [0.05, 0.1) is 5.54 Å². The molecule has 0 atom stereocenters. The summed E-state index contributed by atoms with van der Waals surface area (Å²) in [6, 6.07) is 29.3. The van der Waals surface area contributed by atoms with E-state index in [-0.39, 0.29) is 5.54 Å². The molecule has 0 aliphatic carbocycles. The molecular formula is C21H20ClN. The van der Waals surface area contributed by atoms with Gasteiger partial charge in [-0.1, -0.05) is 84.4 Å². The Morgan fingerprint density at radius 2 is 1.00 bits per heavy atom. The summed E-state index contributed by atoms with van der Waals surface area (Å²) in [4.78, 5) is 2.26. The van der Waals surface area contributed by atoms with Gasteiger partial charge in [-0.05, 0) is 42.9 Å². The standard InChI is InChI=1S/C21H20ClN/c1-23(2)21(17-9-5-3-6-10-17,18-11-7-4-8-12-18)19-13-15-20(22)16-14-19/h3-16H,1-2H3. The van der Waals surface area contributed by atoms with Gasteiger partial charge in [-0.2, -0.15) is 0 Å².